The maximum Gasteiger partial charge on any atom is 0.358 e. The maximum atomic E-state index is 11.9. The van der Waals surface area contributed by atoms with Crippen LogP contribution in [0, 0.1) is 5.41 Å². The zero-order valence-electron chi connectivity index (χ0n) is 13.2. The van der Waals surface area contributed by atoms with E-state index in [1.54, 1.807) is 6.92 Å². The first-order valence-corrected chi connectivity index (χ1v) is 8.34. The molecular weight excluding hydrogens is 286 g/mol. The standard InChI is InChI=1S/C16H23NO3S/c1-5-20-15(19)12-13(10(2)18)21-14(17-12)11-6-8-16(3,4)9-7-11/h11H,5-9H2,1-4H3. The van der Waals surface area contributed by atoms with Crippen LogP contribution in [0.1, 0.15) is 84.5 Å². The van der Waals surface area contributed by atoms with E-state index in [1.165, 1.54) is 18.3 Å². The van der Waals surface area contributed by atoms with E-state index in [0.29, 0.717) is 22.8 Å². The minimum Gasteiger partial charge on any atom is -0.461 e. The molecule has 0 bridgehead atoms. The summed E-state index contributed by atoms with van der Waals surface area (Å²) in [5, 5.41) is 0.916. The summed E-state index contributed by atoms with van der Waals surface area (Å²) in [5.74, 6) is -0.233. The number of carbonyl (C=O) groups is 2. The van der Waals surface area contributed by atoms with Crippen molar-refractivity contribution in [3.05, 3.63) is 15.6 Å². The van der Waals surface area contributed by atoms with Gasteiger partial charge in [0.05, 0.1) is 11.6 Å². The summed E-state index contributed by atoms with van der Waals surface area (Å²) in [5.41, 5.74) is 0.593. The summed E-state index contributed by atoms with van der Waals surface area (Å²) in [7, 11) is 0. The average Bonchev–Trinajstić information content (AvgIpc) is 2.84. The fraction of sp³-hybridized carbons (Fsp3) is 0.688. The lowest BCUT2D eigenvalue weighted by molar-refractivity contribution is 0.0517. The van der Waals surface area contributed by atoms with Gasteiger partial charge in [-0.1, -0.05) is 13.8 Å². The second-order valence-electron chi connectivity index (χ2n) is 6.44. The van der Waals surface area contributed by atoms with E-state index in [2.05, 4.69) is 18.8 Å². The van der Waals surface area contributed by atoms with Crippen molar-refractivity contribution in [3.8, 4) is 0 Å². The number of ether oxygens (including phenoxy) is 1. The molecule has 0 atom stereocenters. The van der Waals surface area contributed by atoms with Gasteiger partial charge in [0, 0.05) is 12.8 Å². The molecule has 1 saturated carbocycles. The summed E-state index contributed by atoms with van der Waals surface area (Å²) in [6, 6.07) is 0. The summed E-state index contributed by atoms with van der Waals surface area (Å²) >= 11 is 1.37. The van der Waals surface area contributed by atoms with Gasteiger partial charge in [0.2, 0.25) is 0 Å². The highest BCUT2D eigenvalue weighted by Gasteiger charge is 2.31. The fourth-order valence-corrected chi connectivity index (χ4v) is 3.85. The first-order valence-electron chi connectivity index (χ1n) is 7.53. The van der Waals surface area contributed by atoms with Gasteiger partial charge >= 0.3 is 5.97 Å². The lowest BCUT2D eigenvalue weighted by atomic mass is 9.73. The van der Waals surface area contributed by atoms with E-state index in [-0.39, 0.29) is 11.5 Å². The van der Waals surface area contributed by atoms with Gasteiger partial charge < -0.3 is 4.74 Å². The number of hydrogen-bond acceptors (Lipinski definition) is 5. The Morgan fingerprint density at radius 2 is 1.95 bits per heavy atom. The van der Waals surface area contributed by atoms with Gasteiger partial charge in [-0.15, -0.1) is 11.3 Å². The molecule has 0 radical (unpaired) electrons. The summed E-state index contributed by atoms with van der Waals surface area (Å²) < 4.78 is 5.01. The summed E-state index contributed by atoms with van der Waals surface area (Å²) in [4.78, 5) is 28.6. The molecule has 0 N–H and O–H groups in total. The summed E-state index contributed by atoms with van der Waals surface area (Å²) in [6.45, 7) is 8.10. The zero-order valence-corrected chi connectivity index (χ0v) is 14.0. The van der Waals surface area contributed by atoms with Gasteiger partial charge in [0.25, 0.3) is 0 Å². The first-order chi connectivity index (χ1) is 9.84. The van der Waals surface area contributed by atoms with Crippen molar-refractivity contribution in [2.75, 3.05) is 6.61 Å². The Bertz CT molecular complexity index is 538. The van der Waals surface area contributed by atoms with Gasteiger partial charge in [-0.3, -0.25) is 4.79 Å². The predicted molar refractivity (Wildman–Crippen MR) is 83.1 cm³/mol. The third-order valence-electron chi connectivity index (χ3n) is 4.12. The number of nitrogens with zero attached hydrogens (tertiary/aromatic N) is 1. The van der Waals surface area contributed by atoms with Crippen LogP contribution in [-0.4, -0.2) is 23.3 Å². The minimum absolute atomic E-state index is 0.113. The largest absolute Gasteiger partial charge is 0.461 e. The van der Waals surface area contributed by atoms with Crippen LogP contribution in [0.4, 0.5) is 0 Å². The molecule has 0 saturated heterocycles. The smallest absolute Gasteiger partial charge is 0.358 e. The highest BCUT2D eigenvalue weighted by atomic mass is 32.1. The highest BCUT2D eigenvalue weighted by molar-refractivity contribution is 7.14. The fourth-order valence-electron chi connectivity index (χ4n) is 2.73. The number of Topliss-reactive ketones (excluding diaryl/α,β-unsaturated/α-hetero) is 1. The van der Waals surface area contributed by atoms with Gasteiger partial charge in [0.1, 0.15) is 4.88 Å². The monoisotopic (exact) mass is 309 g/mol. The quantitative estimate of drug-likeness (QED) is 0.617. The Labute approximate surface area is 129 Å². The molecule has 116 valence electrons. The topological polar surface area (TPSA) is 56.3 Å². The maximum absolute atomic E-state index is 11.9. The second-order valence-corrected chi connectivity index (χ2v) is 7.48. The van der Waals surface area contributed by atoms with E-state index in [0.717, 1.165) is 30.7 Å². The summed E-state index contributed by atoms with van der Waals surface area (Å²) in [6.07, 6.45) is 4.45. The Hall–Kier alpha value is -1.23. The molecule has 0 spiro atoms. The van der Waals surface area contributed by atoms with Crippen molar-refractivity contribution in [3.63, 3.8) is 0 Å². The second kappa shape index (κ2) is 6.26. The third-order valence-corrected chi connectivity index (χ3v) is 5.44. The molecule has 0 amide bonds. The number of carbonyl (C=O) groups excluding carboxylic acids is 2. The number of aromatic nitrogens is 1. The van der Waals surface area contributed by atoms with Crippen LogP contribution in [0.5, 0.6) is 0 Å². The Kier molecular flexibility index (Phi) is 4.81. The van der Waals surface area contributed by atoms with Gasteiger partial charge in [-0.2, -0.15) is 0 Å². The van der Waals surface area contributed by atoms with Crippen LogP contribution < -0.4 is 0 Å². The van der Waals surface area contributed by atoms with Crippen LogP contribution in [0.2, 0.25) is 0 Å². The van der Waals surface area contributed by atoms with E-state index in [1.807, 2.05) is 0 Å². The molecule has 1 fully saturated rings. The molecule has 4 nitrogen and oxygen atoms in total. The van der Waals surface area contributed by atoms with Crippen molar-refractivity contribution in [1.82, 2.24) is 4.98 Å². The normalized spacial score (nSPS) is 18.5. The Morgan fingerprint density at radius 1 is 1.33 bits per heavy atom. The van der Waals surface area contributed by atoms with Crippen molar-refractivity contribution in [1.29, 1.82) is 0 Å². The van der Waals surface area contributed by atoms with E-state index >= 15 is 0 Å². The number of rotatable bonds is 4. The van der Waals surface area contributed by atoms with Gasteiger partial charge in [0.15, 0.2) is 11.5 Å². The van der Waals surface area contributed by atoms with Crippen LogP contribution in [0.25, 0.3) is 0 Å². The minimum atomic E-state index is -0.485. The molecule has 0 aliphatic heterocycles. The lowest BCUT2D eigenvalue weighted by Crippen LogP contribution is -2.20. The van der Waals surface area contributed by atoms with E-state index in [4.69, 9.17) is 4.74 Å². The number of hydrogen-bond donors (Lipinski definition) is 0. The molecule has 5 heteroatoms. The van der Waals surface area contributed by atoms with Crippen LogP contribution >= 0.6 is 11.3 Å². The molecule has 1 aliphatic rings. The molecule has 0 unspecified atom stereocenters. The van der Waals surface area contributed by atoms with E-state index < -0.39 is 5.97 Å². The van der Waals surface area contributed by atoms with Crippen molar-refractivity contribution in [2.45, 2.75) is 59.3 Å². The van der Waals surface area contributed by atoms with Crippen molar-refractivity contribution >= 4 is 23.1 Å². The average molecular weight is 309 g/mol. The molecule has 2 rings (SSSR count). The molecule has 0 aromatic carbocycles. The molecule has 1 aromatic rings. The third kappa shape index (κ3) is 3.70. The Balaban J connectivity index is 2.24. The number of esters is 1. The van der Waals surface area contributed by atoms with E-state index in [9.17, 15) is 9.59 Å². The predicted octanol–water partition coefficient (Wildman–Crippen LogP) is 4.21. The van der Waals surface area contributed by atoms with Crippen molar-refractivity contribution in [2.24, 2.45) is 5.41 Å². The van der Waals surface area contributed by atoms with Gasteiger partial charge in [-0.05, 0) is 38.0 Å². The first kappa shape index (κ1) is 16.1. The molecule has 1 heterocycles. The zero-order chi connectivity index (χ0) is 15.6. The molecule has 21 heavy (non-hydrogen) atoms. The van der Waals surface area contributed by atoms with Crippen LogP contribution in [-0.2, 0) is 4.74 Å². The molecule has 1 aromatic heterocycles. The highest BCUT2D eigenvalue weighted by Crippen LogP contribution is 2.43. The van der Waals surface area contributed by atoms with Crippen LogP contribution in [0.3, 0.4) is 0 Å². The number of thiazole rings is 1. The lowest BCUT2D eigenvalue weighted by Gasteiger charge is -2.33. The van der Waals surface area contributed by atoms with Crippen molar-refractivity contribution < 1.29 is 14.3 Å². The van der Waals surface area contributed by atoms with Gasteiger partial charge in [-0.25, -0.2) is 9.78 Å². The molecular formula is C16H23NO3S. The van der Waals surface area contributed by atoms with Crippen LogP contribution in [0.15, 0.2) is 0 Å². The SMILES string of the molecule is CCOC(=O)c1nc(C2CCC(C)(C)CC2)sc1C(C)=O. The Morgan fingerprint density at radius 3 is 2.48 bits per heavy atom. The number of ketones is 1. The molecule has 1 aliphatic carbocycles.